The lowest BCUT2D eigenvalue weighted by atomic mass is 9.97. The average Bonchev–Trinajstić information content (AvgIpc) is 2.77. The lowest BCUT2D eigenvalue weighted by molar-refractivity contribution is 0.134. The van der Waals surface area contributed by atoms with Crippen LogP contribution in [0, 0.1) is 6.92 Å². The van der Waals surface area contributed by atoms with Crippen LogP contribution in [0.25, 0.3) is 0 Å². The number of piperidine rings is 1. The minimum Gasteiger partial charge on any atom is -0.356 e. The molecule has 2 aromatic rings. The van der Waals surface area contributed by atoms with Crippen molar-refractivity contribution in [1.82, 2.24) is 20.1 Å². The summed E-state index contributed by atoms with van der Waals surface area (Å²) in [5.41, 5.74) is 2.48. The molecule has 1 fully saturated rings. The minimum absolute atomic E-state index is 0. The van der Waals surface area contributed by atoms with Gasteiger partial charge in [0.05, 0.1) is 0 Å². The zero-order chi connectivity index (χ0) is 22.1. The van der Waals surface area contributed by atoms with Gasteiger partial charge in [-0.25, -0.2) is 0 Å². The van der Waals surface area contributed by atoms with Gasteiger partial charge in [-0.1, -0.05) is 36.4 Å². The minimum atomic E-state index is 0. The van der Waals surface area contributed by atoms with Gasteiger partial charge in [-0.05, 0) is 51.2 Å². The Hall–Kier alpha value is -1.87. The summed E-state index contributed by atoms with van der Waals surface area (Å²) in [6.45, 7) is 8.03. The first-order valence-corrected chi connectivity index (χ1v) is 11.5. The Morgan fingerprint density at radius 2 is 1.91 bits per heavy atom. The molecule has 0 saturated carbocycles. The Bertz CT molecular complexity index is 899. The smallest absolute Gasteiger partial charge is 0.250 e. The fourth-order valence-electron chi connectivity index (χ4n) is 4.30. The van der Waals surface area contributed by atoms with Crippen LogP contribution in [0.5, 0.6) is 0 Å². The van der Waals surface area contributed by atoms with E-state index in [9.17, 15) is 4.79 Å². The number of rotatable bonds is 8. The number of aryl methyl sites for hydroxylation is 1. The van der Waals surface area contributed by atoms with Crippen molar-refractivity contribution in [3.05, 3.63) is 70.1 Å². The van der Waals surface area contributed by atoms with Gasteiger partial charge in [0.15, 0.2) is 5.96 Å². The Morgan fingerprint density at radius 3 is 2.59 bits per heavy atom. The number of likely N-dealkylation sites (tertiary alicyclic amines) is 1. The van der Waals surface area contributed by atoms with Crippen LogP contribution in [-0.4, -0.2) is 47.6 Å². The molecule has 0 aliphatic carbocycles. The molecule has 1 aliphatic rings. The second kappa shape index (κ2) is 13.6. The summed E-state index contributed by atoms with van der Waals surface area (Å²) >= 11 is 0. The third-order valence-corrected chi connectivity index (χ3v) is 6.18. The molecule has 1 aromatic carbocycles. The SMILES string of the molecule is CN=C(NCCCCn1c(C)cccc1=O)NC1CCN(Cc2ccccc2)C(C)C1.I. The molecule has 0 radical (unpaired) electrons. The molecule has 0 amide bonds. The number of guanidine groups is 1. The van der Waals surface area contributed by atoms with E-state index in [1.807, 2.05) is 30.7 Å². The quantitative estimate of drug-likeness (QED) is 0.227. The third kappa shape index (κ3) is 7.92. The van der Waals surface area contributed by atoms with Crippen molar-refractivity contribution in [3.8, 4) is 0 Å². The predicted molar refractivity (Wildman–Crippen MR) is 144 cm³/mol. The second-order valence-corrected chi connectivity index (χ2v) is 8.53. The molecule has 6 nitrogen and oxygen atoms in total. The molecule has 0 spiro atoms. The molecular formula is C25H38IN5O. The molecule has 1 aromatic heterocycles. The van der Waals surface area contributed by atoms with Crippen molar-refractivity contribution in [2.45, 2.75) is 64.7 Å². The van der Waals surface area contributed by atoms with Crippen LogP contribution in [0.2, 0.25) is 0 Å². The highest BCUT2D eigenvalue weighted by atomic mass is 127. The van der Waals surface area contributed by atoms with E-state index in [-0.39, 0.29) is 29.5 Å². The first-order valence-electron chi connectivity index (χ1n) is 11.5. The lowest BCUT2D eigenvalue weighted by Gasteiger charge is -2.38. The van der Waals surface area contributed by atoms with Crippen molar-refractivity contribution in [2.24, 2.45) is 4.99 Å². The molecule has 1 aliphatic heterocycles. The van der Waals surface area contributed by atoms with Gasteiger partial charge >= 0.3 is 0 Å². The Morgan fingerprint density at radius 1 is 1.12 bits per heavy atom. The number of aromatic nitrogens is 1. The predicted octanol–water partition coefficient (Wildman–Crippen LogP) is 3.77. The molecule has 3 rings (SSSR count). The molecule has 2 heterocycles. The van der Waals surface area contributed by atoms with Crippen molar-refractivity contribution in [3.63, 3.8) is 0 Å². The number of pyridine rings is 1. The van der Waals surface area contributed by atoms with Crippen LogP contribution in [0.1, 0.15) is 43.9 Å². The van der Waals surface area contributed by atoms with Crippen LogP contribution < -0.4 is 16.2 Å². The van der Waals surface area contributed by atoms with Crippen molar-refractivity contribution >= 4 is 29.9 Å². The standard InChI is InChI=1S/C25H37N5O.HI/c1-20-10-9-13-24(31)30(20)16-8-7-15-27-25(26-3)28-23-14-17-29(21(2)18-23)19-22-11-5-4-6-12-22;/h4-6,9-13,21,23H,7-8,14-19H2,1-3H3,(H2,26,27,28);1H. The summed E-state index contributed by atoms with van der Waals surface area (Å²) in [4.78, 5) is 18.9. The number of nitrogens with zero attached hydrogens (tertiary/aromatic N) is 3. The topological polar surface area (TPSA) is 61.7 Å². The van der Waals surface area contributed by atoms with E-state index in [1.54, 1.807) is 6.07 Å². The maximum absolute atomic E-state index is 11.9. The van der Waals surface area contributed by atoms with E-state index < -0.39 is 0 Å². The monoisotopic (exact) mass is 551 g/mol. The molecule has 2 atom stereocenters. The van der Waals surface area contributed by atoms with E-state index in [4.69, 9.17) is 0 Å². The largest absolute Gasteiger partial charge is 0.356 e. The van der Waals surface area contributed by atoms with E-state index in [0.29, 0.717) is 12.1 Å². The van der Waals surface area contributed by atoms with Crippen LogP contribution in [-0.2, 0) is 13.1 Å². The number of halogens is 1. The maximum Gasteiger partial charge on any atom is 0.250 e. The van der Waals surface area contributed by atoms with E-state index in [2.05, 4.69) is 57.8 Å². The van der Waals surface area contributed by atoms with E-state index in [1.165, 1.54) is 5.56 Å². The molecule has 1 saturated heterocycles. The van der Waals surface area contributed by atoms with Crippen molar-refractivity contribution in [2.75, 3.05) is 20.1 Å². The highest BCUT2D eigenvalue weighted by Gasteiger charge is 2.25. The molecule has 2 unspecified atom stereocenters. The number of hydrogen-bond acceptors (Lipinski definition) is 3. The zero-order valence-electron chi connectivity index (χ0n) is 19.6. The second-order valence-electron chi connectivity index (χ2n) is 8.53. The van der Waals surface area contributed by atoms with Gasteiger partial charge in [0.2, 0.25) is 0 Å². The van der Waals surface area contributed by atoms with Crippen LogP contribution in [0.3, 0.4) is 0 Å². The average molecular weight is 552 g/mol. The van der Waals surface area contributed by atoms with Gasteiger partial charge in [0, 0.05) is 57.1 Å². The van der Waals surface area contributed by atoms with Crippen molar-refractivity contribution in [1.29, 1.82) is 0 Å². The highest BCUT2D eigenvalue weighted by Crippen LogP contribution is 2.19. The Balaban J connectivity index is 0.00000363. The molecule has 176 valence electrons. The molecule has 32 heavy (non-hydrogen) atoms. The van der Waals surface area contributed by atoms with Gasteiger partial charge in [0.1, 0.15) is 0 Å². The summed E-state index contributed by atoms with van der Waals surface area (Å²) in [5, 5.41) is 7.04. The number of nitrogens with one attached hydrogen (secondary N) is 2. The lowest BCUT2D eigenvalue weighted by Crippen LogP contribution is -2.51. The molecular weight excluding hydrogens is 513 g/mol. The fraction of sp³-hybridized carbons (Fsp3) is 0.520. The van der Waals surface area contributed by atoms with Crippen molar-refractivity contribution < 1.29 is 0 Å². The zero-order valence-corrected chi connectivity index (χ0v) is 21.9. The number of aliphatic imine (C=N–C) groups is 1. The summed E-state index contributed by atoms with van der Waals surface area (Å²) < 4.78 is 1.84. The summed E-state index contributed by atoms with van der Waals surface area (Å²) in [6, 6.07) is 17.1. The summed E-state index contributed by atoms with van der Waals surface area (Å²) in [5.74, 6) is 0.877. The summed E-state index contributed by atoms with van der Waals surface area (Å²) in [7, 11) is 1.83. The Kier molecular flexibility index (Phi) is 11.2. The van der Waals surface area contributed by atoms with Crippen LogP contribution >= 0.6 is 24.0 Å². The first kappa shape index (κ1) is 26.4. The maximum atomic E-state index is 11.9. The molecule has 2 N–H and O–H groups in total. The van der Waals surface area contributed by atoms with E-state index in [0.717, 1.165) is 63.5 Å². The van der Waals surface area contributed by atoms with Gasteiger partial charge < -0.3 is 15.2 Å². The van der Waals surface area contributed by atoms with Crippen LogP contribution in [0.4, 0.5) is 0 Å². The van der Waals surface area contributed by atoms with Crippen LogP contribution in [0.15, 0.2) is 58.3 Å². The van der Waals surface area contributed by atoms with E-state index >= 15 is 0 Å². The van der Waals surface area contributed by atoms with Gasteiger partial charge in [0.25, 0.3) is 5.56 Å². The fourth-order valence-corrected chi connectivity index (χ4v) is 4.30. The summed E-state index contributed by atoms with van der Waals surface area (Å²) in [6.07, 6.45) is 4.19. The van der Waals surface area contributed by atoms with Gasteiger partial charge in [-0.15, -0.1) is 24.0 Å². The molecule has 0 bridgehead atoms. The first-order chi connectivity index (χ1) is 15.1. The van der Waals surface area contributed by atoms with Gasteiger partial charge in [-0.2, -0.15) is 0 Å². The molecule has 7 heteroatoms. The third-order valence-electron chi connectivity index (χ3n) is 6.18. The number of benzene rings is 1. The highest BCUT2D eigenvalue weighted by molar-refractivity contribution is 14.0. The Labute approximate surface area is 209 Å². The number of hydrogen-bond donors (Lipinski definition) is 2. The normalized spacial score (nSPS) is 19.3. The number of unbranched alkanes of at least 4 members (excludes halogenated alkanes) is 1. The van der Waals surface area contributed by atoms with Gasteiger partial charge in [-0.3, -0.25) is 14.7 Å².